The third kappa shape index (κ3) is 6.75. The maximum Gasteiger partial charge on any atom is 0.318 e. The summed E-state index contributed by atoms with van der Waals surface area (Å²) in [7, 11) is 0. The van der Waals surface area contributed by atoms with Crippen molar-refractivity contribution >= 4 is 28.6 Å². The molecule has 3 aromatic carbocycles. The first kappa shape index (κ1) is 27.3. The summed E-state index contributed by atoms with van der Waals surface area (Å²) in [6.45, 7) is 5.61. The first-order chi connectivity index (χ1) is 18.2. The lowest BCUT2D eigenvalue weighted by Gasteiger charge is -2.45. The minimum absolute atomic E-state index is 0.0420. The fraction of sp³-hybridized carbons (Fsp3) is 0.367. The Kier molecular flexibility index (Phi) is 8.73. The smallest absolute Gasteiger partial charge is 0.318 e. The van der Waals surface area contributed by atoms with E-state index in [-0.39, 0.29) is 23.7 Å². The van der Waals surface area contributed by atoms with Crippen LogP contribution in [-0.4, -0.2) is 59.4 Å². The number of amides is 4. The summed E-state index contributed by atoms with van der Waals surface area (Å²) in [5.74, 6) is -0.535. The van der Waals surface area contributed by atoms with Crippen LogP contribution in [0.1, 0.15) is 31.4 Å². The van der Waals surface area contributed by atoms with Gasteiger partial charge in [-0.25, -0.2) is 9.18 Å². The average Bonchev–Trinajstić information content (AvgIpc) is 2.90. The Balaban J connectivity index is 1.49. The molecule has 1 saturated heterocycles. The molecule has 3 aromatic rings. The van der Waals surface area contributed by atoms with Crippen LogP contribution < -0.4 is 11.1 Å². The van der Waals surface area contributed by atoms with Crippen molar-refractivity contribution in [1.82, 2.24) is 15.1 Å². The number of aryl methyl sites for hydroxylation is 1. The number of fused-ring (bicyclic) bond motifs is 1. The predicted molar refractivity (Wildman–Crippen MR) is 146 cm³/mol. The summed E-state index contributed by atoms with van der Waals surface area (Å²) in [4.78, 5) is 41.9. The second kappa shape index (κ2) is 12.2. The van der Waals surface area contributed by atoms with Crippen molar-refractivity contribution in [3.05, 3.63) is 83.7 Å². The fourth-order valence-corrected chi connectivity index (χ4v) is 5.22. The van der Waals surface area contributed by atoms with Crippen molar-refractivity contribution in [2.24, 2.45) is 11.7 Å². The van der Waals surface area contributed by atoms with Crippen LogP contribution in [0.15, 0.2) is 66.7 Å². The Labute approximate surface area is 222 Å². The first-order valence-electron chi connectivity index (χ1n) is 13.1. The highest BCUT2D eigenvalue weighted by Crippen LogP contribution is 2.24. The summed E-state index contributed by atoms with van der Waals surface area (Å²) in [6, 6.07) is 18.8. The molecule has 0 aromatic heterocycles. The minimum Gasteiger partial charge on any atom is -0.351 e. The summed E-state index contributed by atoms with van der Waals surface area (Å²) in [5.41, 5.74) is 7.19. The molecule has 8 heteroatoms. The van der Waals surface area contributed by atoms with Gasteiger partial charge in [-0.2, -0.15) is 0 Å². The van der Waals surface area contributed by atoms with Crippen LogP contribution in [0.5, 0.6) is 0 Å². The lowest BCUT2D eigenvalue weighted by atomic mass is 9.95. The summed E-state index contributed by atoms with van der Waals surface area (Å²) >= 11 is 0. The number of nitrogens with one attached hydrogen (secondary N) is 1. The van der Waals surface area contributed by atoms with Crippen LogP contribution in [-0.2, 0) is 22.4 Å². The van der Waals surface area contributed by atoms with Crippen molar-refractivity contribution in [2.75, 3.05) is 19.6 Å². The quantitative estimate of drug-likeness (QED) is 0.473. The number of imide groups is 1. The number of hydrogen-bond acceptors (Lipinski definition) is 4. The van der Waals surface area contributed by atoms with Crippen molar-refractivity contribution < 1.29 is 18.8 Å². The molecule has 38 heavy (non-hydrogen) atoms. The monoisotopic (exact) mass is 518 g/mol. The fourth-order valence-electron chi connectivity index (χ4n) is 5.22. The average molecular weight is 519 g/mol. The van der Waals surface area contributed by atoms with Gasteiger partial charge in [-0.05, 0) is 52.8 Å². The third-order valence-corrected chi connectivity index (χ3v) is 7.31. The number of hydrogen-bond donors (Lipinski definition) is 2. The topological polar surface area (TPSA) is 95.7 Å². The van der Waals surface area contributed by atoms with E-state index in [1.54, 1.807) is 12.1 Å². The van der Waals surface area contributed by atoms with Crippen molar-refractivity contribution in [3.8, 4) is 0 Å². The molecule has 1 aliphatic heterocycles. The highest BCUT2D eigenvalue weighted by Gasteiger charge is 2.37. The lowest BCUT2D eigenvalue weighted by Crippen LogP contribution is -2.62. The van der Waals surface area contributed by atoms with Crippen LogP contribution in [0.2, 0.25) is 0 Å². The Morgan fingerprint density at radius 1 is 0.974 bits per heavy atom. The number of carbonyl (C=O) groups excluding carboxylic acids is 3. The Hall–Kier alpha value is -3.78. The summed E-state index contributed by atoms with van der Waals surface area (Å²) in [5, 5.41) is 4.46. The number of nitrogens with zero attached hydrogens (tertiary/aromatic N) is 2. The zero-order valence-electron chi connectivity index (χ0n) is 21.9. The molecule has 4 rings (SSSR count). The van der Waals surface area contributed by atoms with Gasteiger partial charge in [-0.15, -0.1) is 0 Å². The number of primary amides is 1. The van der Waals surface area contributed by atoms with Gasteiger partial charge in [0.2, 0.25) is 11.8 Å². The van der Waals surface area contributed by atoms with Gasteiger partial charge in [0, 0.05) is 32.1 Å². The van der Waals surface area contributed by atoms with Gasteiger partial charge in [-0.3, -0.25) is 19.8 Å². The second-order valence-electron chi connectivity index (χ2n) is 10.3. The Morgan fingerprint density at radius 2 is 1.66 bits per heavy atom. The van der Waals surface area contributed by atoms with Crippen molar-refractivity contribution in [2.45, 2.75) is 45.2 Å². The number of benzene rings is 3. The standard InChI is InChI=1S/C30H35FN4O3/c1-20(2)27-19-34(15-16-35(27)28(36)14-10-21-8-12-25(31)13-9-21)26(29(37)33-30(32)38)18-22-7-11-23-5-3-4-6-24(23)17-22/h3-9,11-13,17,20,26-27H,10,14-16,18-19H2,1-2H3,(H3,32,33,37,38). The molecule has 1 fully saturated rings. The number of halogens is 1. The number of nitrogens with two attached hydrogens (primary N) is 1. The number of piperazine rings is 1. The largest absolute Gasteiger partial charge is 0.351 e. The summed E-state index contributed by atoms with van der Waals surface area (Å²) < 4.78 is 13.2. The lowest BCUT2D eigenvalue weighted by molar-refractivity contribution is -0.139. The number of rotatable bonds is 8. The van der Waals surface area contributed by atoms with E-state index in [4.69, 9.17) is 5.73 Å². The molecule has 4 amide bonds. The molecule has 1 heterocycles. The van der Waals surface area contributed by atoms with E-state index in [0.717, 1.165) is 21.9 Å². The normalized spacial score (nSPS) is 16.9. The molecule has 0 bridgehead atoms. The van der Waals surface area contributed by atoms with E-state index >= 15 is 0 Å². The maximum atomic E-state index is 13.2. The molecular formula is C30H35FN4O3. The molecule has 2 unspecified atom stereocenters. The predicted octanol–water partition coefficient (Wildman–Crippen LogP) is 3.89. The van der Waals surface area contributed by atoms with E-state index < -0.39 is 18.0 Å². The second-order valence-corrected chi connectivity index (χ2v) is 10.3. The third-order valence-electron chi connectivity index (χ3n) is 7.31. The van der Waals surface area contributed by atoms with Crippen molar-refractivity contribution in [1.29, 1.82) is 0 Å². The van der Waals surface area contributed by atoms with Gasteiger partial charge >= 0.3 is 6.03 Å². The van der Waals surface area contributed by atoms with Gasteiger partial charge in [0.25, 0.3) is 0 Å². The zero-order valence-corrected chi connectivity index (χ0v) is 21.9. The zero-order chi connectivity index (χ0) is 27.2. The van der Waals surface area contributed by atoms with Crippen LogP contribution in [0, 0.1) is 11.7 Å². The maximum absolute atomic E-state index is 13.2. The van der Waals surface area contributed by atoms with E-state index in [9.17, 15) is 18.8 Å². The van der Waals surface area contributed by atoms with Crippen LogP contribution in [0.3, 0.4) is 0 Å². The minimum atomic E-state index is -0.881. The molecule has 1 aliphatic rings. The molecular weight excluding hydrogens is 483 g/mol. The molecule has 2 atom stereocenters. The van der Waals surface area contributed by atoms with Gasteiger partial charge in [0.1, 0.15) is 5.82 Å². The van der Waals surface area contributed by atoms with Gasteiger partial charge in [0.15, 0.2) is 0 Å². The highest BCUT2D eigenvalue weighted by atomic mass is 19.1. The van der Waals surface area contributed by atoms with Crippen LogP contribution in [0.4, 0.5) is 9.18 Å². The number of urea groups is 1. The molecule has 0 aliphatic carbocycles. The van der Waals surface area contributed by atoms with E-state index in [0.29, 0.717) is 38.9 Å². The molecule has 0 spiro atoms. The number of carbonyl (C=O) groups is 3. The molecule has 0 radical (unpaired) electrons. The first-order valence-corrected chi connectivity index (χ1v) is 13.1. The Bertz CT molecular complexity index is 1290. The van der Waals surface area contributed by atoms with Gasteiger partial charge in [-0.1, -0.05) is 68.4 Å². The molecule has 200 valence electrons. The molecule has 3 N–H and O–H groups in total. The highest BCUT2D eigenvalue weighted by molar-refractivity contribution is 5.96. The molecule has 7 nitrogen and oxygen atoms in total. The van der Waals surface area contributed by atoms with Gasteiger partial charge < -0.3 is 10.6 Å². The van der Waals surface area contributed by atoms with Crippen molar-refractivity contribution in [3.63, 3.8) is 0 Å². The summed E-state index contributed by atoms with van der Waals surface area (Å²) in [6.07, 6.45) is 1.28. The van der Waals surface area contributed by atoms with E-state index in [2.05, 4.69) is 30.1 Å². The van der Waals surface area contributed by atoms with E-state index in [1.165, 1.54) is 12.1 Å². The molecule has 0 saturated carbocycles. The van der Waals surface area contributed by atoms with Gasteiger partial charge in [0.05, 0.1) is 6.04 Å². The SMILES string of the molecule is CC(C)C1CN(C(Cc2ccc3ccccc3c2)C(=O)NC(N)=O)CCN1C(=O)CCc1ccc(F)cc1. The van der Waals surface area contributed by atoms with E-state index in [1.807, 2.05) is 41.3 Å². The Morgan fingerprint density at radius 3 is 2.34 bits per heavy atom. The van der Waals surface area contributed by atoms with Crippen LogP contribution in [0.25, 0.3) is 10.8 Å². The van der Waals surface area contributed by atoms with Crippen LogP contribution >= 0.6 is 0 Å².